The number of carbonyl (C=O) groups excluding carboxylic acids is 1. The topological polar surface area (TPSA) is 35.5 Å². The average Bonchev–Trinajstić information content (AvgIpc) is 2.27. The quantitative estimate of drug-likeness (QED) is 0.648. The van der Waals surface area contributed by atoms with Crippen LogP contribution in [0.4, 0.5) is 0 Å². The van der Waals surface area contributed by atoms with Gasteiger partial charge < -0.3 is 9.47 Å². The van der Waals surface area contributed by atoms with Gasteiger partial charge in [-0.1, -0.05) is 13.8 Å². The molecule has 4 heteroatoms. The normalized spacial score (nSPS) is 10.4. The summed E-state index contributed by atoms with van der Waals surface area (Å²) in [5, 5.41) is 0. The Labute approximate surface area is 108 Å². The minimum Gasteiger partial charge on any atom is -0.482 e. The number of carbonyl (C=O) groups is 1. The summed E-state index contributed by atoms with van der Waals surface area (Å²) < 4.78 is 10.3. The molecule has 0 spiro atoms. The molecule has 0 amide bonds. The lowest BCUT2D eigenvalue weighted by atomic mass is 10.0. The molecular weight excluding hydrogens is 236 g/mol. The maximum atomic E-state index is 11.2. The fourth-order valence-corrected chi connectivity index (χ4v) is 1.67. The summed E-state index contributed by atoms with van der Waals surface area (Å²) in [6, 6.07) is 5.63. The third-order valence-corrected chi connectivity index (χ3v) is 2.54. The molecule has 94 valence electrons. The van der Waals surface area contributed by atoms with Gasteiger partial charge in [-0.25, -0.2) is 4.79 Å². The van der Waals surface area contributed by atoms with Gasteiger partial charge in [0, 0.05) is 4.90 Å². The highest BCUT2D eigenvalue weighted by Crippen LogP contribution is 2.28. The van der Waals surface area contributed by atoms with Crippen molar-refractivity contribution in [3.63, 3.8) is 0 Å². The van der Waals surface area contributed by atoms with E-state index in [0.29, 0.717) is 18.3 Å². The molecule has 0 saturated carbocycles. The van der Waals surface area contributed by atoms with E-state index in [4.69, 9.17) is 9.47 Å². The van der Waals surface area contributed by atoms with Crippen LogP contribution >= 0.6 is 12.6 Å². The third-order valence-electron chi connectivity index (χ3n) is 2.27. The summed E-state index contributed by atoms with van der Waals surface area (Å²) in [6.07, 6.45) is 0. The summed E-state index contributed by atoms with van der Waals surface area (Å²) in [6.45, 7) is 6.22. The van der Waals surface area contributed by atoms with E-state index < -0.39 is 0 Å². The van der Waals surface area contributed by atoms with Crippen LogP contribution in [0.3, 0.4) is 0 Å². The zero-order valence-corrected chi connectivity index (χ0v) is 11.3. The summed E-state index contributed by atoms with van der Waals surface area (Å²) >= 11 is 4.29. The lowest BCUT2D eigenvalue weighted by Gasteiger charge is -2.14. The number of rotatable bonds is 5. The van der Waals surface area contributed by atoms with Crippen LogP contribution in [0.25, 0.3) is 0 Å². The van der Waals surface area contributed by atoms with Gasteiger partial charge in [0.2, 0.25) is 0 Å². The van der Waals surface area contributed by atoms with E-state index in [-0.39, 0.29) is 12.6 Å². The van der Waals surface area contributed by atoms with Gasteiger partial charge in [0.1, 0.15) is 5.75 Å². The number of benzene rings is 1. The van der Waals surface area contributed by atoms with Crippen molar-refractivity contribution in [2.45, 2.75) is 31.6 Å². The van der Waals surface area contributed by atoms with Crippen LogP contribution in [-0.4, -0.2) is 19.2 Å². The molecule has 0 bridgehead atoms. The molecule has 0 aliphatic rings. The number of ether oxygens (including phenoxy) is 2. The molecule has 0 radical (unpaired) electrons. The van der Waals surface area contributed by atoms with Gasteiger partial charge in [-0.3, -0.25) is 0 Å². The van der Waals surface area contributed by atoms with E-state index in [1.807, 2.05) is 18.2 Å². The minimum absolute atomic E-state index is 0.0561. The second kappa shape index (κ2) is 6.55. The number of hydrogen-bond donors (Lipinski definition) is 1. The van der Waals surface area contributed by atoms with Gasteiger partial charge in [-0.15, -0.1) is 12.6 Å². The Kier molecular flexibility index (Phi) is 5.35. The summed E-state index contributed by atoms with van der Waals surface area (Å²) in [5.41, 5.74) is 1.04. The summed E-state index contributed by atoms with van der Waals surface area (Å²) in [4.78, 5) is 12.1. The van der Waals surface area contributed by atoms with Gasteiger partial charge in [0.15, 0.2) is 6.61 Å². The maximum absolute atomic E-state index is 11.2. The van der Waals surface area contributed by atoms with Crippen LogP contribution in [0.2, 0.25) is 0 Å². The first kappa shape index (κ1) is 13.9. The zero-order valence-electron chi connectivity index (χ0n) is 10.4. The van der Waals surface area contributed by atoms with Crippen LogP contribution in [0.15, 0.2) is 23.1 Å². The van der Waals surface area contributed by atoms with Crippen molar-refractivity contribution in [1.82, 2.24) is 0 Å². The van der Waals surface area contributed by atoms with Crippen molar-refractivity contribution in [1.29, 1.82) is 0 Å². The van der Waals surface area contributed by atoms with E-state index in [2.05, 4.69) is 26.5 Å². The molecule has 0 N–H and O–H groups in total. The molecule has 0 atom stereocenters. The van der Waals surface area contributed by atoms with Crippen LogP contribution in [0.1, 0.15) is 32.3 Å². The molecular formula is C13H18O3S. The number of hydrogen-bond acceptors (Lipinski definition) is 4. The highest BCUT2D eigenvalue weighted by molar-refractivity contribution is 7.80. The van der Waals surface area contributed by atoms with Crippen molar-refractivity contribution in [3.8, 4) is 5.75 Å². The first-order chi connectivity index (χ1) is 8.04. The SMILES string of the molecule is CCOC(=O)COc1ccc(S)cc1C(C)C. The Morgan fingerprint density at radius 1 is 1.41 bits per heavy atom. The molecule has 0 aliphatic carbocycles. The molecule has 0 aliphatic heterocycles. The lowest BCUT2D eigenvalue weighted by Crippen LogP contribution is -2.15. The second-order valence-electron chi connectivity index (χ2n) is 3.97. The van der Waals surface area contributed by atoms with E-state index >= 15 is 0 Å². The summed E-state index contributed by atoms with van der Waals surface area (Å²) in [7, 11) is 0. The predicted octanol–water partition coefficient (Wildman–Crippen LogP) is 3.04. The van der Waals surface area contributed by atoms with Crippen LogP contribution in [-0.2, 0) is 9.53 Å². The molecule has 1 rings (SSSR count). The van der Waals surface area contributed by atoms with Crippen molar-refractivity contribution in [2.24, 2.45) is 0 Å². The first-order valence-corrected chi connectivity index (χ1v) is 6.10. The molecule has 0 heterocycles. The van der Waals surface area contributed by atoms with Gasteiger partial charge >= 0.3 is 5.97 Å². The highest BCUT2D eigenvalue weighted by Gasteiger charge is 2.10. The Bertz CT molecular complexity index is 388. The van der Waals surface area contributed by atoms with Crippen molar-refractivity contribution in [2.75, 3.05) is 13.2 Å². The number of esters is 1. The van der Waals surface area contributed by atoms with Crippen molar-refractivity contribution >= 4 is 18.6 Å². The molecule has 1 aromatic carbocycles. The standard InChI is InChI=1S/C13H18O3S/c1-4-15-13(14)8-16-12-6-5-10(17)7-11(12)9(2)3/h5-7,9,17H,4,8H2,1-3H3. The van der Waals surface area contributed by atoms with E-state index in [9.17, 15) is 4.79 Å². The molecule has 0 fully saturated rings. The molecule has 0 aromatic heterocycles. The van der Waals surface area contributed by atoms with E-state index in [1.54, 1.807) is 6.92 Å². The Morgan fingerprint density at radius 2 is 2.12 bits per heavy atom. The predicted molar refractivity (Wildman–Crippen MR) is 69.9 cm³/mol. The van der Waals surface area contributed by atoms with E-state index in [0.717, 1.165) is 10.5 Å². The largest absolute Gasteiger partial charge is 0.482 e. The second-order valence-corrected chi connectivity index (χ2v) is 4.49. The molecule has 17 heavy (non-hydrogen) atoms. The molecule has 0 unspecified atom stereocenters. The van der Waals surface area contributed by atoms with Crippen LogP contribution in [0, 0.1) is 0 Å². The first-order valence-electron chi connectivity index (χ1n) is 5.66. The third kappa shape index (κ3) is 4.30. The number of thiol groups is 1. The fraction of sp³-hybridized carbons (Fsp3) is 0.462. The van der Waals surface area contributed by atoms with Crippen LogP contribution in [0.5, 0.6) is 5.75 Å². The van der Waals surface area contributed by atoms with Gasteiger partial charge in [0.05, 0.1) is 6.61 Å². The van der Waals surface area contributed by atoms with E-state index in [1.165, 1.54) is 0 Å². The van der Waals surface area contributed by atoms with Gasteiger partial charge in [-0.2, -0.15) is 0 Å². The molecule has 0 saturated heterocycles. The Balaban J connectivity index is 2.73. The highest BCUT2D eigenvalue weighted by atomic mass is 32.1. The van der Waals surface area contributed by atoms with Crippen LogP contribution < -0.4 is 4.74 Å². The molecule has 1 aromatic rings. The monoisotopic (exact) mass is 254 g/mol. The average molecular weight is 254 g/mol. The Morgan fingerprint density at radius 3 is 2.71 bits per heavy atom. The van der Waals surface area contributed by atoms with Crippen molar-refractivity contribution < 1.29 is 14.3 Å². The minimum atomic E-state index is -0.350. The zero-order chi connectivity index (χ0) is 12.8. The maximum Gasteiger partial charge on any atom is 0.344 e. The summed E-state index contributed by atoms with van der Waals surface area (Å²) in [5.74, 6) is 0.683. The lowest BCUT2D eigenvalue weighted by molar-refractivity contribution is -0.145. The smallest absolute Gasteiger partial charge is 0.344 e. The van der Waals surface area contributed by atoms with Crippen molar-refractivity contribution in [3.05, 3.63) is 23.8 Å². The fourth-order valence-electron chi connectivity index (χ4n) is 1.46. The molecule has 3 nitrogen and oxygen atoms in total. The van der Waals surface area contributed by atoms with Gasteiger partial charge in [-0.05, 0) is 36.6 Å². The Hall–Kier alpha value is -1.16. The van der Waals surface area contributed by atoms with Gasteiger partial charge in [0.25, 0.3) is 0 Å².